The van der Waals surface area contributed by atoms with E-state index < -0.39 is 0 Å². The van der Waals surface area contributed by atoms with Gasteiger partial charge in [0.15, 0.2) is 0 Å². The van der Waals surface area contributed by atoms with Gasteiger partial charge in [-0.3, -0.25) is 0 Å². The average Bonchev–Trinajstić information content (AvgIpc) is 0.783. The van der Waals surface area contributed by atoms with Crippen LogP contribution in [-0.2, 0) is 0 Å². The Balaban J connectivity index is 0.000000147. The SMILES string of the molecule is c1ccc(-c2ccc(-c3ccc(N(c4ccc(-c5ccc6ccc7ccccc7c6c5)cc4)c4ccc(-c5ccc6ccc7ccccc7c6c5)cc4)cc3)cc2)cc1.c1ccc(-c2cccc(-c3ccc(N(c4ccc(-c5ccc6ccc7ccccc7c6c5)cc4)c4ccc(-c5ccc6ccc7ccccc7c6c5)cc4)cc3)c2)cc1. The topological polar surface area (TPSA) is 6.48 Å². The lowest BCUT2D eigenvalue weighted by molar-refractivity contribution is 1.28. The fraction of sp³-hybridized carbons (Fsp3) is 0. The second-order valence-electron chi connectivity index (χ2n) is 30.7. The van der Waals surface area contributed by atoms with E-state index in [4.69, 9.17) is 0 Å². The van der Waals surface area contributed by atoms with Crippen LogP contribution in [0.4, 0.5) is 34.1 Å². The molecular formula is C116H78N2. The van der Waals surface area contributed by atoms with Crippen LogP contribution in [0.3, 0.4) is 0 Å². The van der Waals surface area contributed by atoms with E-state index in [1.807, 2.05) is 0 Å². The van der Waals surface area contributed by atoms with Crippen molar-refractivity contribution in [3.8, 4) is 89.0 Å². The van der Waals surface area contributed by atoms with E-state index in [1.165, 1.54) is 175 Å². The molecule has 0 spiro atoms. The molecule has 22 rings (SSSR count). The molecule has 0 aromatic heterocycles. The van der Waals surface area contributed by atoms with Gasteiger partial charge < -0.3 is 9.80 Å². The minimum absolute atomic E-state index is 1.10. The zero-order valence-electron chi connectivity index (χ0n) is 64.9. The second kappa shape index (κ2) is 30.8. The number of nitrogens with zero attached hydrogens (tertiary/aromatic N) is 2. The van der Waals surface area contributed by atoms with Crippen LogP contribution in [0.2, 0.25) is 0 Å². The molecule has 0 aliphatic rings. The highest BCUT2D eigenvalue weighted by molar-refractivity contribution is 6.12. The summed E-state index contributed by atoms with van der Waals surface area (Å²) >= 11 is 0. The van der Waals surface area contributed by atoms with E-state index in [2.05, 4.69) is 483 Å². The summed E-state index contributed by atoms with van der Waals surface area (Å²) in [5.41, 5.74) is 25.9. The van der Waals surface area contributed by atoms with Crippen LogP contribution in [0, 0.1) is 0 Å². The van der Waals surface area contributed by atoms with Gasteiger partial charge in [-0.05, 0) is 278 Å². The Labute approximate surface area is 687 Å². The van der Waals surface area contributed by atoms with Gasteiger partial charge in [0.1, 0.15) is 0 Å². The summed E-state index contributed by atoms with van der Waals surface area (Å²) in [6, 6.07) is 172. The molecule has 0 aliphatic carbocycles. The maximum absolute atomic E-state index is 2.36. The van der Waals surface area contributed by atoms with Crippen LogP contribution in [-0.4, -0.2) is 0 Å². The average molecular weight is 1500 g/mol. The minimum atomic E-state index is 1.10. The molecule has 0 saturated carbocycles. The van der Waals surface area contributed by atoms with Gasteiger partial charge in [0.25, 0.3) is 0 Å². The van der Waals surface area contributed by atoms with Crippen molar-refractivity contribution >= 4 is 120 Å². The van der Waals surface area contributed by atoms with Crippen molar-refractivity contribution in [3.05, 3.63) is 473 Å². The second-order valence-corrected chi connectivity index (χ2v) is 30.7. The number of fused-ring (bicyclic) bond motifs is 12. The minimum Gasteiger partial charge on any atom is -0.311 e. The van der Waals surface area contributed by atoms with E-state index in [0.717, 1.165) is 34.1 Å². The van der Waals surface area contributed by atoms with Crippen molar-refractivity contribution in [1.29, 1.82) is 0 Å². The molecule has 22 aromatic carbocycles. The number of hydrogen-bond acceptors (Lipinski definition) is 2. The fourth-order valence-corrected chi connectivity index (χ4v) is 17.4. The fourth-order valence-electron chi connectivity index (χ4n) is 17.4. The summed E-state index contributed by atoms with van der Waals surface area (Å²) in [4.78, 5) is 4.72. The number of rotatable bonds is 14. The predicted octanol–water partition coefficient (Wildman–Crippen LogP) is 32.9. The molecule has 2 nitrogen and oxygen atoms in total. The predicted molar refractivity (Wildman–Crippen MR) is 506 cm³/mol. The summed E-state index contributed by atoms with van der Waals surface area (Å²) in [6.45, 7) is 0. The van der Waals surface area contributed by atoms with Gasteiger partial charge in [0.05, 0.1) is 0 Å². The van der Waals surface area contributed by atoms with E-state index in [0.29, 0.717) is 0 Å². The lowest BCUT2D eigenvalue weighted by Crippen LogP contribution is -2.09. The summed E-state index contributed by atoms with van der Waals surface area (Å²) in [7, 11) is 0. The van der Waals surface area contributed by atoms with Crippen LogP contribution in [0.5, 0.6) is 0 Å². The molecule has 552 valence electrons. The standard InChI is InChI=1S/2C58H39N/c1-2-9-40(10-3-1)48-13-8-14-49(37-48)41-25-31-52(32-26-41)59(53-33-27-42(28-34-53)50-23-21-46-19-17-44-11-4-6-15-55(44)57(46)38-50)54-35-29-43(30-36-54)51-24-22-47-20-18-45-12-5-7-16-56(45)58(47)39-51;1-2-8-40(9-3-1)41-14-16-42(17-15-41)43-26-32-52(33-27-43)59(53-34-28-44(29-35-53)50-24-22-48-20-18-46-10-4-6-12-55(46)57(48)38-50)54-36-30-45(31-37-54)51-25-23-49-21-19-47-11-5-7-13-56(47)58(49)39-51/h2*1-39H. The molecule has 0 aliphatic heterocycles. The lowest BCUT2D eigenvalue weighted by atomic mass is 9.96. The molecule has 0 fully saturated rings. The molecule has 0 bridgehead atoms. The van der Waals surface area contributed by atoms with E-state index in [1.54, 1.807) is 0 Å². The van der Waals surface area contributed by atoms with Gasteiger partial charge in [-0.25, -0.2) is 0 Å². The Hall–Kier alpha value is -15.5. The van der Waals surface area contributed by atoms with Crippen molar-refractivity contribution in [3.63, 3.8) is 0 Å². The Morgan fingerprint density at radius 2 is 0.246 bits per heavy atom. The van der Waals surface area contributed by atoms with Crippen molar-refractivity contribution in [2.75, 3.05) is 9.80 Å². The largest absolute Gasteiger partial charge is 0.311 e. The Kier molecular flexibility index (Phi) is 18.4. The first-order valence-electron chi connectivity index (χ1n) is 40.6. The lowest BCUT2D eigenvalue weighted by Gasteiger charge is -2.26. The van der Waals surface area contributed by atoms with E-state index in [-0.39, 0.29) is 0 Å². The molecule has 0 amide bonds. The molecule has 0 heterocycles. The van der Waals surface area contributed by atoms with Gasteiger partial charge in [0, 0.05) is 34.1 Å². The highest BCUT2D eigenvalue weighted by atomic mass is 15.1. The summed E-state index contributed by atoms with van der Waals surface area (Å²) in [6.07, 6.45) is 0. The van der Waals surface area contributed by atoms with E-state index in [9.17, 15) is 0 Å². The first-order valence-corrected chi connectivity index (χ1v) is 40.6. The Bertz CT molecular complexity index is 7140. The normalized spacial score (nSPS) is 11.4. The molecule has 0 unspecified atom stereocenters. The molecule has 2 heteroatoms. The highest BCUT2D eigenvalue weighted by Crippen LogP contribution is 2.44. The third kappa shape index (κ3) is 13.8. The van der Waals surface area contributed by atoms with E-state index >= 15 is 0 Å². The summed E-state index contributed by atoms with van der Waals surface area (Å²) in [5.74, 6) is 0. The zero-order valence-corrected chi connectivity index (χ0v) is 64.9. The summed E-state index contributed by atoms with van der Waals surface area (Å²) < 4.78 is 0. The monoisotopic (exact) mass is 1500 g/mol. The highest BCUT2D eigenvalue weighted by Gasteiger charge is 2.19. The van der Waals surface area contributed by atoms with Crippen LogP contribution in [0.25, 0.3) is 175 Å². The third-order valence-electron chi connectivity index (χ3n) is 23.7. The van der Waals surface area contributed by atoms with Crippen molar-refractivity contribution in [2.24, 2.45) is 0 Å². The Morgan fingerprint density at radius 1 is 0.0932 bits per heavy atom. The molecule has 0 atom stereocenters. The smallest absolute Gasteiger partial charge is 0.0462 e. The van der Waals surface area contributed by atoms with Crippen LogP contribution in [0.15, 0.2) is 473 Å². The van der Waals surface area contributed by atoms with Gasteiger partial charge in [-0.1, -0.05) is 370 Å². The Morgan fingerprint density at radius 3 is 0.492 bits per heavy atom. The quantitative estimate of drug-likeness (QED) is 0.100. The third-order valence-corrected chi connectivity index (χ3v) is 23.7. The van der Waals surface area contributed by atoms with Crippen molar-refractivity contribution in [2.45, 2.75) is 0 Å². The van der Waals surface area contributed by atoms with Gasteiger partial charge in [-0.2, -0.15) is 0 Å². The molecule has 0 radical (unpaired) electrons. The zero-order chi connectivity index (χ0) is 78.2. The van der Waals surface area contributed by atoms with Gasteiger partial charge in [-0.15, -0.1) is 0 Å². The number of benzene rings is 22. The van der Waals surface area contributed by atoms with Crippen molar-refractivity contribution < 1.29 is 0 Å². The van der Waals surface area contributed by atoms with Crippen LogP contribution in [0.1, 0.15) is 0 Å². The molecular weight excluding hydrogens is 1420 g/mol. The van der Waals surface area contributed by atoms with Crippen LogP contribution >= 0.6 is 0 Å². The number of anilines is 6. The molecule has 118 heavy (non-hydrogen) atoms. The first kappa shape index (κ1) is 70.4. The molecule has 22 aromatic rings. The summed E-state index contributed by atoms with van der Waals surface area (Å²) in [5, 5.41) is 20.3. The molecule has 0 saturated heterocycles. The van der Waals surface area contributed by atoms with Crippen LogP contribution < -0.4 is 9.80 Å². The number of hydrogen-bond donors (Lipinski definition) is 0. The van der Waals surface area contributed by atoms with Crippen molar-refractivity contribution in [1.82, 2.24) is 0 Å². The molecule has 0 N–H and O–H groups in total. The first-order chi connectivity index (χ1) is 58.4. The van der Waals surface area contributed by atoms with Gasteiger partial charge in [0.2, 0.25) is 0 Å². The maximum Gasteiger partial charge on any atom is 0.0462 e. The van der Waals surface area contributed by atoms with Gasteiger partial charge >= 0.3 is 0 Å². The maximum atomic E-state index is 2.36.